The number of rotatable bonds is 4. The van der Waals surface area contributed by atoms with E-state index in [4.69, 9.17) is 9.47 Å². The molecule has 11 nitrogen and oxygen atoms in total. The maximum absolute atomic E-state index is 11.2. The van der Waals surface area contributed by atoms with Gasteiger partial charge in [0.05, 0.1) is 12.0 Å². The molecule has 0 amide bonds. The third kappa shape index (κ3) is 4.36. The monoisotopic (exact) mass is 562 g/mol. The first-order chi connectivity index (χ1) is 19.5. The number of hydrogen-bond donors (Lipinski definition) is 9. The van der Waals surface area contributed by atoms with E-state index in [1.807, 2.05) is 0 Å². The fraction of sp³-hybridized carbons (Fsp3) is 0.200. The molecule has 0 saturated heterocycles. The van der Waals surface area contributed by atoms with Crippen LogP contribution in [-0.2, 0) is 12.8 Å². The topological polar surface area (TPSA) is 201 Å². The lowest BCUT2D eigenvalue weighted by Crippen LogP contribution is -2.32. The van der Waals surface area contributed by atoms with Crippen LogP contribution < -0.4 is 9.47 Å². The van der Waals surface area contributed by atoms with Crippen LogP contribution in [0, 0.1) is 0 Å². The van der Waals surface area contributed by atoms with Gasteiger partial charge in [0, 0.05) is 47.7 Å². The maximum atomic E-state index is 11.2. The first-order valence-electron chi connectivity index (χ1n) is 12.7. The lowest BCUT2D eigenvalue weighted by atomic mass is 9.81. The van der Waals surface area contributed by atoms with E-state index in [1.54, 1.807) is 0 Å². The third-order valence-electron chi connectivity index (χ3n) is 7.61. The van der Waals surface area contributed by atoms with Crippen LogP contribution in [0.5, 0.6) is 57.5 Å². The van der Waals surface area contributed by atoms with Crippen molar-refractivity contribution in [3.8, 4) is 57.5 Å². The van der Waals surface area contributed by atoms with E-state index < -0.39 is 41.5 Å². The number of hydrogen-bond acceptors (Lipinski definition) is 11. The fourth-order valence-corrected chi connectivity index (χ4v) is 5.67. The summed E-state index contributed by atoms with van der Waals surface area (Å²) in [5.74, 6) is -3.47. The summed E-state index contributed by atoms with van der Waals surface area (Å²) in [5.41, 5.74) is 1.41. The van der Waals surface area contributed by atoms with Crippen LogP contribution in [0.25, 0.3) is 0 Å². The molecule has 0 aromatic heterocycles. The van der Waals surface area contributed by atoms with Gasteiger partial charge in [0.2, 0.25) is 0 Å². The van der Waals surface area contributed by atoms with Crippen molar-refractivity contribution in [3.63, 3.8) is 0 Å². The number of aliphatic hydroxyl groups is 1. The van der Waals surface area contributed by atoms with Gasteiger partial charge in [-0.05, 0) is 35.4 Å². The molecule has 41 heavy (non-hydrogen) atoms. The highest BCUT2D eigenvalue weighted by atomic mass is 16.5. The molecule has 0 bridgehead atoms. The molecule has 2 aliphatic heterocycles. The minimum atomic E-state index is -1.18. The molecule has 0 fully saturated rings. The van der Waals surface area contributed by atoms with E-state index in [0.29, 0.717) is 16.7 Å². The first kappa shape index (κ1) is 26.1. The summed E-state index contributed by atoms with van der Waals surface area (Å²) in [7, 11) is 0. The van der Waals surface area contributed by atoms with Crippen molar-refractivity contribution in [2.75, 3.05) is 0 Å². The van der Waals surface area contributed by atoms with Gasteiger partial charge >= 0.3 is 0 Å². The number of phenolic OH excluding ortho intramolecular Hbond substituents is 8. The Hall–Kier alpha value is -5.16. The number of ether oxygens (including phenoxy) is 2. The first-order valence-corrected chi connectivity index (χ1v) is 12.7. The Morgan fingerprint density at radius 1 is 0.610 bits per heavy atom. The van der Waals surface area contributed by atoms with Crippen molar-refractivity contribution in [2.24, 2.45) is 0 Å². The van der Waals surface area contributed by atoms with Crippen LogP contribution in [0.3, 0.4) is 0 Å². The van der Waals surface area contributed by atoms with Gasteiger partial charge in [-0.2, -0.15) is 0 Å². The molecule has 0 aliphatic carbocycles. The Kier molecular flexibility index (Phi) is 6.04. The highest BCUT2D eigenvalue weighted by Gasteiger charge is 2.42. The predicted octanol–water partition coefficient (Wildman–Crippen LogP) is 3.50. The van der Waals surface area contributed by atoms with Gasteiger partial charge in [0.25, 0.3) is 0 Å². The van der Waals surface area contributed by atoms with Gasteiger partial charge in [-0.15, -0.1) is 0 Å². The standard InChI is InChI=1S/C30H26O11/c31-14-7-19(34)15-10-26(40-25(15)8-14)27(12-1-3-17(32)21(36)5-12)28-23(38)11-20(35)16-9-24(39)29(41-30(16)28)13-2-4-18(33)22(37)6-13/h1-8,11,24,26-27,29,31-39H,9-10H2/t24-,26-,27-,29+/m0/s1. The predicted molar refractivity (Wildman–Crippen MR) is 142 cm³/mol. The molecule has 4 aromatic carbocycles. The minimum Gasteiger partial charge on any atom is -0.508 e. The second-order valence-electron chi connectivity index (χ2n) is 10.2. The Bertz CT molecular complexity index is 1680. The summed E-state index contributed by atoms with van der Waals surface area (Å²) in [6.45, 7) is 0. The highest BCUT2D eigenvalue weighted by molar-refractivity contribution is 5.63. The second-order valence-corrected chi connectivity index (χ2v) is 10.2. The van der Waals surface area contributed by atoms with Crippen LogP contribution in [0.4, 0.5) is 0 Å². The van der Waals surface area contributed by atoms with E-state index in [9.17, 15) is 46.0 Å². The SMILES string of the molecule is Oc1cc(O)c2c(c1)O[C@H]([C@H](c1ccc(O)c(O)c1)c1c(O)cc(O)c3c1O[C@H](c1ccc(O)c(O)c1)[C@@H](O)C3)C2. The van der Waals surface area contributed by atoms with Crippen molar-refractivity contribution in [2.45, 2.75) is 37.1 Å². The third-order valence-corrected chi connectivity index (χ3v) is 7.61. The van der Waals surface area contributed by atoms with Crippen LogP contribution in [-0.4, -0.2) is 58.2 Å². The van der Waals surface area contributed by atoms with Gasteiger partial charge in [0.1, 0.15) is 46.7 Å². The molecule has 212 valence electrons. The molecule has 0 saturated carbocycles. The molecule has 2 heterocycles. The number of aromatic hydroxyl groups is 8. The smallest absolute Gasteiger partial charge is 0.157 e. The Morgan fingerprint density at radius 2 is 1.29 bits per heavy atom. The maximum Gasteiger partial charge on any atom is 0.157 e. The van der Waals surface area contributed by atoms with Crippen LogP contribution in [0.15, 0.2) is 54.6 Å². The van der Waals surface area contributed by atoms with E-state index in [2.05, 4.69) is 0 Å². The van der Waals surface area contributed by atoms with Gasteiger partial charge in [-0.1, -0.05) is 12.1 Å². The molecule has 6 rings (SSSR count). The number of aliphatic hydroxyl groups excluding tert-OH is 1. The van der Waals surface area contributed by atoms with E-state index in [-0.39, 0.29) is 64.2 Å². The Morgan fingerprint density at radius 3 is 2.00 bits per heavy atom. The average molecular weight is 563 g/mol. The number of phenols is 8. The van der Waals surface area contributed by atoms with E-state index in [0.717, 1.165) is 6.07 Å². The van der Waals surface area contributed by atoms with E-state index in [1.165, 1.54) is 48.5 Å². The quantitative estimate of drug-likeness (QED) is 0.165. The summed E-state index contributed by atoms with van der Waals surface area (Å²) in [4.78, 5) is 0. The summed E-state index contributed by atoms with van der Waals surface area (Å²) in [6.07, 6.45) is -3.09. The largest absolute Gasteiger partial charge is 0.508 e. The van der Waals surface area contributed by atoms with Crippen molar-refractivity contribution in [3.05, 3.63) is 82.4 Å². The van der Waals surface area contributed by atoms with Crippen molar-refractivity contribution in [1.29, 1.82) is 0 Å². The molecule has 11 heteroatoms. The zero-order valence-corrected chi connectivity index (χ0v) is 21.3. The lowest BCUT2D eigenvalue weighted by molar-refractivity contribution is 0.0183. The normalized spacial score (nSPS) is 20.0. The zero-order valence-electron chi connectivity index (χ0n) is 21.3. The molecule has 4 atom stereocenters. The second kappa shape index (κ2) is 9.49. The van der Waals surface area contributed by atoms with Crippen LogP contribution in [0.2, 0.25) is 0 Å². The van der Waals surface area contributed by atoms with Gasteiger partial charge in [-0.3, -0.25) is 0 Å². The molecule has 0 radical (unpaired) electrons. The summed E-state index contributed by atoms with van der Waals surface area (Å²) in [5, 5.41) is 93.5. The molecular formula is C30H26O11. The van der Waals surface area contributed by atoms with Crippen molar-refractivity contribution >= 4 is 0 Å². The summed E-state index contributed by atoms with van der Waals surface area (Å²) < 4.78 is 12.4. The number of fused-ring (bicyclic) bond motifs is 2. The highest BCUT2D eigenvalue weighted by Crippen LogP contribution is 2.53. The lowest BCUT2D eigenvalue weighted by Gasteiger charge is -2.35. The van der Waals surface area contributed by atoms with Gasteiger partial charge in [0.15, 0.2) is 23.0 Å². The summed E-state index contributed by atoms with van der Waals surface area (Å²) >= 11 is 0. The molecule has 4 aromatic rings. The number of benzene rings is 4. The van der Waals surface area contributed by atoms with Gasteiger partial charge < -0.3 is 55.4 Å². The fourth-order valence-electron chi connectivity index (χ4n) is 5.67. The Labute approximate surface area is 232 Å². The summed E-state index contributed by atoms with van der Waals surface area (Å²) in [6, 6.07) is 11.6. The van der Waals surface area contributed by atoms with Gasteiger partial charge in [-0.25, -0.2) is 0 Å². The molecule has 2 aliphatic rings. The molecular weight excluding hydrogens is 536 g/mol. The minimum absolute atomic E-state index is 0.0227. The molecule has 0 unspecified atom stereocenters. The Balaban J connectivity index is 1.52. The van der Waals surface area contributed by atoms with Crippen molar-refractivity contribution in [1.82, 2.24) is 0 Å². The van der Waals surface area contributed by atoms with Crippen LogP contribution >= 0.6 is 0 Å². The molecule has 0 spiro atoms. The van der Waals surface area contributed by atoms with Crippen LogP contribution in [0.1, 0.15) is 39.8 Å². The van der Waals surface area contributed by atoms with E-state index >= 15 is 0 Å². The zero-order chi connectivity index (χ0) is 29.2. The average Bonchev–Trinajstić information content (AvgIpc) is 3.34. The van der Waals surface area contributed by atoms with Crippen molar-refractivity contribution < 1.29 is 55.4 Å². The molecule has 9 N–H and O–H groups in total.